The average molecular weight is 378 g/mol. The minimum absolute atomic E-state index is 0.146. The number of benzene rings is 1. The minimum atomic E-state index is -3.67. The second kappa shape index (κ2) is 7.13. The molecule has 1 saturated heterocycles. The van der Waals surface area contributed by atoms with Crippen LogP contribution in [0.25, 0.3) is 0 Å². The smallest absolute Gasteiger partial charge is 0.254 e. The SMILES string of the molecule is COc1ccccc1S(=O)(=O)N1CCC(Oc2cc(C)n(C)c(=O)c2)C1. The summed E-state index contributed by atoms with van der Waals surface area (Å²) in [6.07, 6.45) is 0.258. The zero-order valence-corrected chi connectivity index (χ0v) is 15.8. The molecule has 1 aliphatic heterocycles. The highest BCUT2D eigenvalue weighted by atomic mass is 32.2. The summed E-state index contributed by atoms with van der Waals surface area (Å²) in [5.41, 5.74) is 0.625. The van der Waals surface area contributed by atoms with E-state index < -0.39 is 10.0 Å². The summed E-state index contributed by atoms with van der Waals surface area (Å²) in [4.78, 5) is 12.0. The Morgan fingerprint density at radius 3 is 2.62 bits per heavy atom. The van der Waals surface area contributed by atoms with Gasteiger partial charge < -0.3 is 14.0 Å². The lowest BCUT2D eigenvalue weighted by molar-refractivity contribution is 0.214. The van der Waals surface area contributed by atoms with Crippen LogP contribution in [0.2, 0.25) is 0 Å². The maximum absolute atomic E-state index is 12.9. The van der Waals surface area contributed by atoms with Crippen LogP contribution in [0.3, 0.4) is 0 Å². The maximum atomic E-state index is 12.9. The van der Waals surface area contributed by atoms with E-state index in [0.717, 1.165) is 5.69 Å². The van der Waals surface area contributed by atoms with Crippen molar-refractivity contribution in [3.63, 3.8) is 0 Å². The third-order valence-electron chi connectivity index (χ3n) is 4.57. The van der Waals surface area contributed by atoms with Gasteiger partial charge in [0.25, 0.3) is 5.56 Å². The first-order chi connectivity index (χ1) is 12.3. The van der Waals surface area contributed by atoms with Gasteiger partial charge in [0.15, 0.2) is 0 Å². The lowest BCUT2D eigenvalue weighted by atomic mass is 10.3. The Hall–Kier alpha value is -2.32. The van der Waals surface area contributed by atoms with Gasteiger partial charge in [0.05, 0.1) is 13.7 Å². The fourth-order valence-corrected chi connectivity index (χ4v) is 4.62. The Balaban J connectivity index is 1.77. The molecular formula is C18H22N2O5S. The lowest BCUT2D eigenvalue weighted by Crippen LogP contribution is -2.31. The van der Waals surface area contributed by atoms with Crippen molar-refractivity contribution in [2.75, 3.05) is 20.2 Å². The minimum Gasteiger partial charge on any atom is -0.495 e. The Labute approximate surface area is 152 Å². The first-order valence-electron chi connectivity index (χ1n) is 8.30. The number of pyridine rings is 1. The van der Waals surface area contributed by atoms with Gasteiger partial charge in [0, 0.05) is 25.4 Å². The standard InChI is InChI=1S/C18H22N2O5S/c1-13-10-15(11-18(21)19(13)2)25-14-8-9-20(12-14)26(22,23)17-7-5-4-6-16(17)24-3/h4-7,10-11,14H,8-9,12H2,1-3H3. The molecule has 8 heteroatoms. The number of methoxy groups -OCH3 is 1. The van der Waals surface area contributed by atoms with Crippen molar-refractivity contribution in [2.45, 2.75) is 24.3 Å². The molecule has 0 aliphatic carbocycles. The van der Waals surface area contributed by atoms with Gasteiger partial charge in [-0.2, -0.15) is 4.31 Å². The first-order valence-corrected chi connectivity index (χ1v) is 9.74. The van der Waals surface area contributed by atoms with Crippen LogP contribution in [-0.4, -0.2) is 43.6 Å². The van der Waals surface area contributed by atoms with Crippen LogP contribution >= 0.6 is 0 Å². The number of rotatable bonds is 5. The van der Waals surface area contributed by atoms with Crippen molar-refractivity contribution in [2.24, 2.45) is 7.05 Å². The lowest BCUT2D eigenvalue weighted by Gasteiger charge is -2.19. The van der Waals surface area contributed by atoms with Crippen LogP contribution in [0.15, 0.2) is 46.1 Å². The third kappa shape index (κ3) is 3.47. The molecule has 2 heterocycles. The van der Waals surface area contributed by atoms with Crippen molar-refractivity contribution >= 4 is 10.0 Å². The molecule has 0 amide bonds. The van der Waals surface area contributed by atoms with Gasteiger partial charge in [0.2, 0.25) is 10.0 Å². The fraction of sp³-hybridized carbons (Fsp3) is 0.389. The predicted octanol–water partition coefficient (Wildman–Crippen LogP) is 1.54. The number of ether oxygens (including phenoxy) is 2. The summed E-state index contributed by atoms with van der Waals surface area (Å²) in [5, 5.41) is 0. The quantitative estimate of drug-likeness (QED) is 0.789. The van der Waals surface area contributed by atoms with Crippen LogP contribution in [0, 0.1) is 6.92 Å². The van der Waals surface area contributed by atoms with E-state index in [2.05, 4.69) is 0 Å². The summed E-state index contributed by atoms with van der Waals surface area (Å²) in [5.74, 6) is 0.784. The van der Waals surface area contributed by atoms with Crippen LogP contribution in [0.4, 0.5) is 0 Å². The molecule has 0 radical (unpaired) electrons. The van der Waals surface area contributed by atoms with Gasteiger partial charge in [0.1, 0.15) is 22.5 Å². The number of nitrogens with zero attached hydrogens (tertiary/aromatic N) is 2. The van der Waals surface area contributed by atoms with Gasteiger partial charge in [-0.1, -0.05) is 12.1 Å². The number of aryl methyl sites for hydroxylation is 1. The Morgan fingerprint density at radius 2 is 1.92 bits per heavy atom. The van der Waals surface area contributed by atoms with Gasteiger partial charge in [-0.3, -0.25) is 4.79 Å². The molecule has 1 fully saturated rings. The van der Waals surface area contributed by atoms with E-state index >= 15 is 0 Å². The number of hydrogen-bond donors (Lipinski definition) is 0. The molecule has 1 atom stereocenters. The summed E-state index contributed by atoms with van der Waals surface area (Å²) in [6, 6.07) is 9.75. The Kier molecular flexibility index (Phi) is 5.06. The Bertz CT molecular complexity index is 968. The molecule has 1 unspecified atom stereocenters. The van der Waals surface area contributed by atoms with Crippen LogP contribution in [0.1, 0.15) is 12.1 Å². The second-order valence-electron chi connectivity index (χ2n) is 6.27. The van der Waals surface area contributed by atoms with E-state index in [4.69, 9.17) is 9.47 Å². The van der Waals surface area contributed by atoms with Crippen molar-refractivity contribution < 1.29 is 17.9 Å². The number of sulfonamides is 1. The zero-order valence-electron chi connectivity index (χ0n) is 15.0. The molecular weight excluding hydrogens is 356 g/mol. The second-order valence-corrected chi connectivity index (χ2v) is 8.18. The maximum Gasteiger partial charge on any atom is 0.254 e. The van der Waals surface area contributed by atoms with E-state index in [-0.39, 0.29) is 23.1 Å². The topological polar surface area (TPSA) is 77.8 Å². The summed E-state index contributed by atoms with van der Waals surface area (Å²) < 4.78 is 39.8. The molecule has 3 rings (SSSR count). The van der Waals surface area contributed by atoms with Crippen molar-refractivity contribution in [1.82, 2.24) is 8.87 Å². The molecule has 2 aromatic rings. The van der Waals surface area contributed by atoms with Gasteiger partial charge >= 0.3 is 0 Å². The largest absolute Gasteiger partial charge is 0.495 e. The molecule has 1 aromatic carbocycles. The Morgan fingerprint density at radius 1 is 1.19 bits per heavy atom. The van der Waals surface area contributed by atoms with Gasteiger partial charge in [-0.15, -0.1) is 0 Å². The van der Waals surface area contributed by atoms with E-state index in [9.17, 15) is 13.2 Å². The molecule has 0 spiro atoms. The molecule has 26 heavy (non-hydrogen) atoms. The van der Waals surface area contributed by atoms with E-state index in [0.29, 0.717) is 24.5 Å². The predicted molar refractivity (Wildman–Crippen MR) is 97.2 cm³/mol. The molecule has 1 aromatic heterocycles. The van der Waals surface area contributed by atoms with Crippen molar-refractivity contribution in [1.29, 1.82) is 0 Å². The monoisotopic (exact) mass is 378 g/mol. The van der Waals surface area contributed by atoms with E-state index in [1.54, 1.807) is 31.3 Å². The highest BCUT2D eigenvalue weighted by Crippen LogP contribution is 2.29. The first kappa shape index (κ1) is 18.5. The number of para-hydroxylation sites is 1. The van der Waals surface area contributed by atoms with E-state index in [1.165, 1.54) is 28.1 Å². The van der Waals surface area contributed by atoms with Gasteiger partial charge in [-0.25, -0.2) is 8.42 Å². The zero-order chi connectivity index (χ0) is 18.9. The van der Waals surface area contributed by atoms with E-state index in [1.807, 2.05) is 6.92 Å². The molecule has 1 aliphatic rings. The molecule has 0 saturated carbocycles. The summed E-state index contributed by atoms with van der Waals surface area (Å²) >= 11 is 0. The van der Waals surface area contributed by atoms with Crippen molar-refractivity contribution in [3.05, 3.63) is 52.4 Å². The molecule has 0 bridgehead atoms. The summed E-state index contributed by atoms with van der Waals surface area (Å²) in [7, 11) is -0.527. The number of aromatic nitrogens is 1. The van der Waals surface area contributed by atoms with Gasteiger partial charge in [-0.05, 0) is 31.5 Å². The van der Waals surface area contributed by atoms with Crippen LogP contribution in [0.5, 0.6) is 11.5 Å². The van der Waals surface area contributed by atoms with Crippen molar-refractivity contribution in [3.8, 4) is 11.5 Å². The molecule has 0 N–H and O–H groups in total. The van der Waals surface area contributed by atoms with Crippen LogP contribution in [-0.2, 0) is 17.1 Å². The average Bonchev–Trinajstić information content (AvgIpc) is 3.09. The third-order valence-corrected chi connectivity index (χ3v) is 6.48. The molecule has 140 valence electrons. The number of hydrogen-bond acceptors (Lipinski definition) is 5. The normalized spacial score (nSPS) is 18.0. The van der Waals surface area contributed by atoms with Crippen LogP contribution < -0.4 is 15.0 Å². The highest BCUT2D eigenvalue weighted by molar-refractivity contribution is 7.89. The summed E-state index contributed by atoms with van der Waals surface area (Å²) in [6.45, 7) is 2.41. The molecule has 7 nitrogen and oxygen atoms in total. The fourth-order valence-electron chi connectivity index (χ4n) is 2.98. The highest BCUT2D eigenvalue weighted by Gasteiger charge is 2.35.